The van der Waals surface area contributed by atoms with Crippen molar-refractivity contribution in [3.63, 3.8) is 0 Å². The van der Waals surface area contributed by atoms with E-state index in [-0.39, 0.29) is 22.9 Å². The summed E-state index contributed by atoms with van der Waals surface area (Å²) in [5.41, 5.74) is 2.58. The molecule has 0 radical (unpaired) electrons. The maximum absolute atomic E-state index is 10.1. The fourth-order valence-corrected chi connectivity index (χ4v) is 5.00. The molecule has 2 aromatic heterocycles. The summed E-state index contributed by atoms with van der Waals surface area (Å²) in [7, 11) is 1.66. The third kappa shape index (κ3) is 2.85. The third-order valence-corrected chi connectivity index (χ3v) is 6.98. The summed E-state index contributed by atoms with van der Waals surface area (Å²) in [4.78, 5) is 13.6. The van der Waals surface area contributed by atoms with Gasteiger partial charge in [-0.05, 0) is 57.1 Å². The number of fused-ring (bicyclic) bond motifs is 1. The first-order valence-electron chi connectivity index (χ1n) is 10.2. The molecule has 3 aliphatic rings. The molecular formula is C22H27N3O3. The lowest BCUT2D eigenvalue weighted by atomic mass is 9.83. The van der Waals surface area contributed by atoms with E-state index in [0.717, 1.165) is 61.4 Å². The summed E-state index contributed by atoms with van der Waals surface area (Å²) in [5.74, 6) is 2.50. The maximum atomic E-state index is 10.1. The molecule has 1 N–H and O–H groups in total. The number of rotatable bonds is 6. The molecule has 2 atom stereocenters. The van der Waals surface area contributed by atoms with E-state index in [1.165, 1.54) is 0 Å². The normalized spacial score (nSPS) is 33.1. The Morgan fingerprint density at radius 1 is 1.18 bits per heavy atom. The zero-order chi connectivity index (χ0) is 19.4. The van der Waals surface area contributed by atoms with Crippen molar-refractivity contribution >= 4 is 0 Å². The maximum Gasteiger partial charge on any atom is 0.220 e. The van der Waals surface area contributed by atoms with Crippen LogP contribution >= 0.6 is 0 Å². The molecule has 6 heteroatoms. The highest BCUT2D eigenvalue weighted by Crippen LogP contribution is 2.85. The summed E-state index contributed by atoms with van der Waals surface area (Å²) in [5, 5.41) is 10.1. The van der Waals surface area contributed by atoms with Gasteiger partial charge >= 0.3 is 0 Å². The van der Waals surface area contributed by atoms with Crippen molar-refractivity contribution in [3.05, 3.63) is 41.6 Å². The van der Waals surface area contributed by atoms with Crippen molar-refractivity contribution in [1.82, 2.24) is 15.0 Å². The Hall–Kier alpha value is -2.21. The van der Waals surface area contributed by atoms with Gasteiger partial charge in [0.25, 0.3) is 0 Å². The smallest absolute Gasteiger partial charge is 0.220 e. The zero-order valence-corrected chi connectivity index (χ0v) is 16.5. The van der Waals surface area contributed by atoms with Gasteiger partial charge in [0.05, 0.1) is 26.0 Å². The summed E-state index contributed by atoms with van der Waals surface area (Å²) >= 11 is 0. The zero-order valence-electron chi connectivity index (χ0n) is 16.5. The SMILES string of the molecule is COc1ccc(C23CC2(COc2nc(C)ncc2[C@H]2CCC[C@@H](O)C2)C3)nc1. The van der Waals surface area contributed by atoms with Gasteiger partial charge in [0.1, 0.15) is 11.6 Å². The first-order valence-corrected chi connectivity index (χ1v) is 10.2. The van der Waals surface area contributed by atoms with Crippen LogP contribution in [0, 0.1) is 12.3 Å². The number of aliphatic hydroxyl groups excluding tert-OH is 1. The molecule has 28 heavy (non-hydrogen) atoms. The average molecular weight is 381 g/mol. The Bertz CT molecular complexity index is 877. The largest absolute Gasteiger partial charge is 0.495 e. The van der Waals surface area contributed by atoms with Crippen LogP contribution in [0.2, 0.25) is 0 Å². The first kappa shape index (κ1) is 17.9. The molecule has 3 fully saturated rings. The lowest BCUT2D eigenvalue weighted by molar-refractivity contribution is 0.118. The van der Waals surface area contributed by atoms with Gasteiger partial charge in [-0.15, -0.1) is 0 Å². The number of ether oxygens (including phenoxy) is 2. The number of methoxy groups -OCH3 is 1. The molecule has 0 spiro atoms. The van der Waals surface area contributed by atoms with Gasteiger partial charge in [-0.3, -0.25) is 4.98 Å². The van der Waals surface area contributed by atoms with Crippen LogP contribution in [0.25, 0.3) is 0 Å². The first-order chi connectivity index (χ1) is 13.6. The lowest BCUT2D eigenvalue weighted by Crippen LogP contribution is -2.20. The number of aromatic nitrogens is 3. The summed E-state index contributed by atoms with van der Waals surface area (Å²) in [6.45, 7) is 2.56. The van der Waals surface area contributed by atoms with Crippen molar-refractivity contribution in [2.45, 2.75) is 62.9 Å². The Labute approximate surface area is 165 Å². The standard InChI is InChI=1S/C22H27N3O3/c1-14-23-10-18(15-4-3-5-16(26)8-15)20(25-14)28-13-21-11-22(21,12-21)19-7-6-17(27-2)9-24-19/h6-7,9-10,15-16,26H,3-5,8,11-13H2,1-2H3/t15-,16+,21?,22?/m0/s1. The summed E-state index contributed by atoms with van der Waals surface area (Å²) < 4.78 is 11.5. The molecule has 2 heterocycles. The highest BCUT2D eigenvalue weighted by molar-refractivity contribution is 5.48. The molecule has 148 valence electrons. The molecule has 0 aliphatic heterocycles. The Kier molecular flexibility index (Phi) is 4.09. The van der Waals surface area contributed by atoms with Gasteiger partial charge in [0.15, 0.2) is 0 Å². The van der Waals surface area contributed by atoms with Crippen molar-refractivity contribution < 1.29 is 14.6 Å². The molecule has 5 rings (SSSR count). The minimum atomic E-state index is -0.229. The monoisotopic (exact) mass is 381 g/mol. The van der Waals surface area contributed by atoms with E-state index in [1.807, 2.05) is 19.2 Å². The number of hydrogen-bond donors (Lipinski definition) is 1. The average Bonchev–Trinajstić information content (AvgIpc) is 3.54. The van der Waals surface area contributed by atoms with Crippen LogP contribution in [0.15, 0.2) is 24.5 Å². The van der Waals surface area contributed by atoms with Gasteiger partial charge in [0.2, 0.25) is 5.88 Å². The van der Waals surface area contributed by atoms with Crippen LogP contribution in [-0.4, -0.2) is 39.9 Å². The Morgan fingerprint density at radius 3 is 2.75 bits per heavy atom. The fourth-order valence-electron chi connectivity index (χ4n) is 5.00. The van der Waals surface area contributed by atoms with Crippen LogP contribution < -0.4 is 9.47 Å². The van der Waals surface area contributed by atoms with Gasteiger partial charge in [-0.1, -0.05) is 6.42 Å². The molecule has 0 unspecified atom stereocenters. The minimum absolute atomic E-state index is 0.183. The van der Waals surface area contributed by atoms with Crippen molar-refractivity contribution in [2.75, 3.05) is 13.7 Å². The fraction of sp³-hybridized carbons (Fsp3) is 0.591. The Morgan fingerprint density at radius 2 is 2.04 bits per heavy atom. The topological polar surface area (TPSA) is 77.4 Å². The van der Waals surface area contributed by atoms with Crippen LogP contribution in [-0.2, 0) is 5.41 Å². The second-order valence-electron chi connectivity index (χ2n) is 8.78. The molecule has 6 nitrogen and oxygen atoms in total. The quantitative estimate of drug-likeness (QED) is 0.827. The van der Waals surface area contributed by atoms with Crippen molar-refractivity contribution in [1.29, 1.82) is 0 Å². The molecule has 0 bridgehead atoms. The number of nitrogens with zero attached hydrogens (tertiary/aromatic N) is 3. The number of aryl methyl sites for hydroxylation is 1. The Balaban J connectivity index is 1.30. The molecule has 3 saturated carbocycles. The minimum Gasteiger partial charge on any atom is -0.495 e. The van der Waals surface area contributed by atoms with E-state index in [0.29, 0.717) is 12.5 Å². The van der Waals surface area contributed by atoms with E-state index in [2.05, 4.69) is 21.0 Å². The second-order valence-corrected chi connectivity index (χ2v) is 8.78. The van der Waals surface area contributed by atoms with Crippen LogP contribution in [0.1, 0.15) is 61.5 Å². The van der Waals surface area contributed by atoms with E-state index in [9.17, 15) is 5.11 Å². The van der Waals surface area contributed by atoms with Gasteiger partial charge in [0, 0.05) is 28.3 Å². The van der Waals surface area contributed by atoms with Crippen LogP contribution in [0.3, 0.4) is 0 Å². The molecule has 0 amide bonds. The van der Waals surface area contributed by atoms with Crippen molar-refractivity contribution in [3.8, 4) is 11.6 Å². The van der Waals surface area contributed by atoms with E-state index in [4.69, 9.17) is 9.47 Å². The highest BCUT2D eigenvalue weighted by Gasteiger charge is 2.84. The van der Waals surface area contributed by atoms with Gasteiger partial charge < -0.3 is 14.6 Å². The molecular weight excluding hydrogens is 354 g/mol. The predicted molar refractivity (Wildman–Crippen MR) is 104 cm³/mol. The van der Waals surface area contributed by atoms with E-state index >= 15 is 0 Å². The molecule has 2 aromatic rings. The highest BCUT2D eigenvalue weighted by atomic mass is 16.5. The number of pyridine rings is 1. The predicted octanol–water partition coefficient (Wildman–Crippen LogP) is 3.32. The number of aliphatic hydroxyl groups is 1. The van der Waals surface area contributed by atoms with Crippen LogP contribution in [0.4, 0.5) is 0 Å². The van der Waals surface area contributed by atoms with Crippen LogP contribution in [0.5, 0.6) is 11.6 Å². The van der Waals surface area contributed by atoms with Crippen molar-refractivity contribution in [2.24, 2.45) is 5.41 Å². The van der Waals surface area contributed by atoms with E-state index < -0.39 is 0 Å². The molecule has 3 aliphatic carbocycles. The number of hydrogen-bond acceptors (Lipinski definition) is 6. The van der Waals surface area contributed by atoms with Gasteiger partial charge in [-0.25, -0.2) is 4.98 Å². The van der Waals surface area contributed by atoms with Gasteiger partial charge in [-0.2, -0.15) is 4.98 Å². The second kappa shape index (κ2) is 6.41. The lowest BCUT2D eigenvalue weighted by Gasteiger charge is -2.27. The summed E-state index contributed by atoms with van der Waals surface area (Å²) in [6.07, 6.45) is 9.48. The molecule has 0 saturated heterocycles. The van der Waals surface area contributed by atoms with E-state index in [1.54, 1.807) is 13.3 Å². The summed E-state index contributed by atoms with van der Waals surface area (Å²) in [6, 6.07) is 4.07. The third-order valence-electron chi connectivity index (χ3n) is 6.98. The molecule has 0 aromatic carbocycles.